The Bertz CT molecular complexity index is 178. The lowest BCUT2D eigenvalue weighted by atomic mass is 10.3. The molecule has 0 bridgehead atoms. The lowest BCUT2D eigenvalue weighted by Gasteiger charge is -1.93. The molecule has 0 aromatic rings. The van der Waals surface area contributed by atoms with Gasteiger partial charge in [-0.05, 0) is 13.8 Å². The smallest absolute Gasteiger partial charge is 0.250 e. The fraction of sp³-hybridized carbons (Fsp3) is 0.429. The summed E-state index contributed by atoms with van der Waals surface area (Å²) in [6, 6.07) is 0. The molecule has 0 unspecified atom stereocenters. The number of carbonyl (C=O) groups excluding carboxylic acids is 2. The molecule has 3 nitrogen and oxygen atoms in total. The number of hydrogen-bond acceptors (Lipinski definition) is 2. The van der Waals surface area contributed by atoms with Crippen molar-refractivity contribution in [3.05, 3.63) is 11.6 Å². The van der Waals surface area contributed by atoms with Crippen LogP contribution in [0.4, 0.5) is 0 Å². The highest BCUT2D eigenvalue weighted by molar-refractivity contribution is 6.00. The molecule has 3 heteroatoms. The maximum Gasteiger partial charge on any atom is 0.250 e. The van der Waals surface area contributed by atoms with Crippen molar-refractivity contribution in [3.63, 3.8) is 0 Å². The van der Waals surface area contributed by atoms with Crippen LogP contribution in [0.25, 0.3) is 0 Å². The highest BCUT2D eigenvalue weighted by Gasteiger charge is 1.96. The molecule has 10 heavy (non-hydrogen) atoms. The van der Waals surface area contributed by atoms with Gasteiger partial charge in [0.1, 0.15) is 0 Å². The Balaban J connectivity index is 3.88. The van der Waals surface area contributed by atoms with Gasteiger partial charge < -0.3 is 0 Å². The SMILES string of the molecule is CC(=O)NC(=O)C=C(C)C. The zero-order valence-electron chi connectivity index (χ0n) is 6.39. The molecule has 0 spiro atoms. The summed E-state index contributed by atoms with van der Waals surface area (Å²) in [5.41, 5.74) is 0.874. The third-order valence-electron chi connectivity index (χ3n) is 0.719. The van der Waals surface area contributed by atoms with Gasteiger partial charge in [-0.2, -0.15) is 0 Å². The average Bonchev–Trinajstić information content (AvgIpc) is 1.58. The van der Waals surface area contributed by atoms with Gasteiger partial charge in [-0.25, -0.2) is 0 Å². The zero-order chi connectivity index (χ0) is 8.15. The van der Waals surface area contributed by atoms with E-state index in [4.69, 9.17) is 0 Å². The van der Waals surface area contributed by atoms with E-state index in [2.05, 4.69) is 5.32 Å². The first-order chi connectivity index (χ1) is 4.52. The van der Waals surface area contributed by atoms with Crippen LogP contribution in [0.15, 0.2) is 11.6 Å². The summed E-state index contributed by atoms with van der Waals surface area (Å²) >= 11 is 0. The van der Waals surface area contributed by atoms with Crippen LogP contribution < -0.4 is 5.32 Å². The van der Waals surface area contributed by atoms with Gasteiger partial charge in [-0.15, -0.1) is 0 Å². The zero-order valence-corrected chi connectivity index (χ0v) is 6.39. The summed E-state index contributed by atoms with van der Waals surface area (Å²) in [5, 5.41) is 2.12. The molecular weight excluding hydrogens is 130 g/mol. The van der Waals surface area contributed by atoms with E-state index in [-0.39, 0.29) is 11.8 Å². The van der Waals surface area contributed by atoms with Gasteiger partial charge in [-0.1, -0.05) is 5.57 Å². The van der Waals surface area contributed by atoms with Crippen LogP contribution in [0.1, 0.15) is 20.8 Å². The summed E-state index contributed by atoms with van der Waals surface area (Å²) in [6.45, 7) is 4.89. The van der Waals surface area contributed by atoms with Crippen molar-refractivity contribution >= 4 is 11.8 Å². The number of imide groups is 1. The lowest BCUT2D eigenvalue weighted by Crippen LogP contribution is -2.26. The van der Waals surface area contributed by atoms with E-state index in [1.165, 1.54) is 13.0 Å². The molecule has 0 fully saturated rings. The van der Waals surface area contributed by atoms with Crippen LogP contribution >= 0.6 is 0 Å². The Kier molecular flexibility index (Phi) is 3.39. The third kappa shape index (κ3) is 5.03. The Hall–Kier alpha value is -1.12. The Morgan fingerprint density at radius 3 is 2.00 bits per heavy atom. The Morgan fingerprint density at radius 1 is 1.20 bits per heavy atom. The number of amides is 2. The maximum atomic E-state index is 10.7. The second kappa shape index (κ2) is 3.82. The fourth-order valence-electron chi connectivity index (χ4n) is 0.472. The standard InChI is InChI=1S/C7H11NO2/c1-5(2)4-7(10)8-6(3)9/h4H,1-3H3,(H,8,9,10). The summed E-state index contributed by atoms with van der Waals surface area (Å²) in [4.78, 5) is 20.9. The number of nitrogens with one attached hydrogen (secondary N) is 1. The number of rotatable bonds is 1. The lowest BCUT2D eigenvalue weighted by molar-refractivity contribution is -0.126. The van der Waals surface area contributed by atoms with Crippen molar-refractivity contribution in [3.8, 4) is 0 Å². The predicted octanol–water partition coefficient (Wildman–Crippen LogP) is 0.615. The van der Waals surface area contributed by atoms with Crippen LogP contribution in [0.2, 0.25) is 0 Å². The van der Waals surface area contributed by atoms with E-state index in [1.807, 2.05) is 0 Å². The van der Waals surface area contributed by atoms with E-state index in [0.717, 1.165) is 5.57 Å². The molecule has 2 amide bonds. The van der Waals surface area contributed by atoms with Gasteiger partial charge in [0.25, 0.3) is 0 Å². The first kappa shape index (κ1) is 8.88. The highest BCUT2D eigenvalue weighted by Crippen LogP contribution is 1.86. The molecule has 56 valence electrons. The molecule has 0 saturated heterocycles. The van der Waals surface area contributed by atoms with Gasteiger partial charge in [-0.3, -0.25) is 14.9 Å². The normalized spacial score (nSPS) is 8.30. The van der Waals surface area contributed by atoms with Gasteiger partial charge in [0.05, 0.1) is 0 Å². The maximum absolute atomic E-state index is 10.7. The fourth-order valence-corrected chi connectivity index (χ4v) is 0.472. The Labute approximate surface area is 60.1 Å². The van der Waals surface area contributed by atoms with E-state index in [0.29, 0.717) is 0 Å². The summed E-state index contributed by atoms with van der Waals surface area (Å²) in [7, 11) is 0. The summed E-state index contributed by atoms with van der Waals surface area (Å²) < 4.78 is 0. The van der Waals surface area contributed by atoms with Crippen molar-refractivity contribution < 1.29 is 9.59 Å². The molecule has 0 atom stereocenters. The second-order valence-corrected chi connectivity index (χ2v) is 2.27. The minimum atomic E-state index is -0.354. The van der Waals surface area contributed by atoms with Gasteiger partial charge in [0.2, 0.25) is 11.8 Å². The quantitative estimate of drug-likeness (QED) is 0.544. The van der Waals surface area contributed by atoms with Crippen LogP contribution in [0.3, 0.4) is 0 Å². The molecule has 0 aromatic carbocycles. The van der Waals surface area contributed by atoms with Crippen molar-refractivity contribution in [1.29, 1.82) is 0 Å². The van der Waals surface area contributed by atoms with E-state index in [9.17, 15) is 9.59 Å². The molecule has 0 aliphatic heterocycles. The highest BCUT2D eigenvalue weighted by atomic mass is 16.2. The second-order valence-electron chi connectivity index (χ2n) is 2.27. The third-order valence-corrected chi connectivity index (χ3v) is 0.719. The molecular formula is C7H11NO2. The first-order valence-corrected chi connectivity index (χ1v) is 2.99. The molecule has 0 heterocycles. The Morgan fingerprint density at radius 2 is 1.70 bits per heavy atom. The minimum Gasteiger partial charge on any atom is -0.293 e. The van der Waals surface area contributed by atoms with Crippen LogP contribution in [0.5, 0.6) is 0 Å². The van der Waals surface area contributed by atoms with Gasteiger partial charge in [0.15, 0.2) is 0 Å². The van der Waals surface area contributed by atoms with Crippen molar-refractivity contribution in [2.75, 3.05) is 0 Å². The van der Waals surface area contributed by atoms with E-state index in [1.54, 1.807) is 13.8 Å². The van der Waals surface area contributed by atoms with Crippen molar-refractivity contribution in [2.45, 2.75) is 20.8 Å². The first-order valence-electron chi connectivity index (χ1n) is 2.99. The van der Waals surface area contributed by atoms with E-state index >= 15 is 0 Å². The van der Waals surface area contributed by atoms with Crippen LogP contribution in [-0.4, -0.2) is 11.8 Å². The topological polar surface area (TPSA) is 46.2 Å². The van der Waals surface area contributed by atoms with Crippen LogP contribution in [0, 0.1) is 0 Å². The summed E-state index contributed by atoms with van der Waals surface area (Å²) in [5.74, 6) is -0.685. The van der Waals surface area contributed by atoms with Crippen molar-refractivity contribution in [1.82, 2.24) is 5.32 Å². The molecule has 0 aliphatic rings. The summed E-state index contributed by atoms with van der Waals surface area (Å²) in [6.07, 6.45) is 1.38. The van der Waals surface area contributed by atoms with Crippen LogP contribution in [-0.2, 0) is 9.59 Å². The molecule has 0 rings (SSSR count). The predicted molar refractivity (Wildman–Crippen MR) is 38.3 cm³/mol. The molecule has 0 aliphatic carbocycles. The minimum absolute atomic E-state index is 0.331. The largest absolute Gasteiger partial charge is 0.293 e. The molecule has 0 aromatic heterocycles. The van der Waals surface area contributed by atoms with Crippen molar-refractivity contribution in [2.24, 2.45) is 0 Å². The number of allylic oxidation sites excluding steroid dienone is 1. The number of hydrogen-bond donors (Lipinski definition) is 1. The molecule has 0 radical (unpaired) electrons. The molecule has 1 N–H and O–H groups in total. The van der Waals surface area contributed by atoms with Gasteiger partial charge in [0, 0.05) is 13.0 Å². The van der Waals surface area contributed by atoms with E-state index < -0.39 is 0 Å². The van der Waals surface area contributed by atoms with Gasteiger partial charge >= 0.3 is 0 Å². The number of carbonyl (C=O) groups is 2. The monoisotopic (exact) mass is 141 g/mol. The molecule has 0 saturated carbocycles. The average molecular weight is 141 g/mol.